The van der Waals surface area contributed by atoms with Crippen molar-refractivity contribution < 1.29 is 4.74 Å². The van der Waals surface area contributed by atoms with Gasteiger partial charge in [-0.25, -0.2) is 0 Å². The third-order valence-electron chi connectivity index (χ3n) is 2.84. The van der Waals surface area contributed by atoms with Gasteiger partial charge in [-0.2, -0.15) is 5.10 Å². The number of rotatable bonds is 6. The Morgan fingerprint density at radius 2 is 1.95 bits per heavy atom. The molecule has 0 aliphatic rings. The number of para-hydroxylation sites is 1. The van der Waals surface area contributed by atoms with Crippen molar-refractivity contribution in [2.45, 2.75) is 39.4 Å². The normalized spacial score (nSPS) is 11.6. The quantitative estimate of drug-likeness (QED) is 0.879. The van der Waals surface area contributed by atoms with Gasteiger partial charge in [-0.3, -0.25) is 4.68 Å². The Kier molecular flexibility index (Phi) is 4.79. The number of aromatic nitrogens is 2. The molecule has 0 spiro atoms. The van der Waals surface area contributed by atoms with E-state index in [1.165, 1.54) is 5.56 Å². The van der Waals surface area contributed by atoms with E-state index in [-0.39, 0.29) is 5.54 Å². The van der Waals surface area contributed by atoms with Crippen LogP contribution in [0, 0.1) is 0 Å². The van der Waals surface area contributed by atoms with Gasteiger partial charge in [0.15, 0.2) is 0 Å². The maximum Gasteiger partial charge on any atom is 0.119 e. The monoisotopic (exact) mass is 273 g/mol. The Morgan fingerprint density at radius 1 is 1.20 bits per heavy atom. The largest absolute Gasteiger partial charge is 0.492 e. The molecule has 0 bridgehead atoms. The van der Waals surface area contributed by atoms with Crippen molar-refractivity contribution in [2.75, 3.05) is 6.61 Å². The van der Waals surface area contributed by atoms with Crippen LogP contribution in [0.5, 0.6) is 5.75 Å². The summed E-state index contributed by atoms with van der Waals surface area (Å²) in [6.07, 6.45) is 3.97. The third kappa shape index (κ3) is 5.05. The minimum atomic E-state index is 0.124. The predicted molar refractivity (Wildman–Crippen MR) is 80.8 cm³/mol. The van der Waals surface area contributed by atoms with Crippen molar-refractivity contribution in [1.29, 1.82) is 0 Å². The van der Waals surface area contributed by atoms with Gasteiger partial charge in [0, 0.05) is 23.8 Å². The molecule has 1 heterocycles. The lowest BCUT2D eigenvalue weighted by Gasteiger charge is -2.19. The lowest BCUT2D eigenvalue weighted by molar-refractivity contribution is 0.291. The molecule has 1 aromatic heterocycles. The topological polar surface area (TPSA) is 39.1 Å². The van der Waals surface area contributed by atoms with Crippen molar-refractivity contribution in [3.8, 4) is 5.75 Å². The molecule has 0 saturated heterocycles. The SMILES string of the molecule is CC(C)(C)NCc1cnn(CCOc2ccccc2)c1. The van der Waals surface area contributed by atoms with Gasteiger partial charge in [-0.05, 0) is 32.9 Å². The van der Waals surface area contributed by atoms with Gasteiger partial charge in [0.25, 0.3) is 0 Å². The molecule has 1 N–H and O–H groups in total. The average molecular weight is 273 g/mol. The van der Waals surface area contributed by atoms with E-state index in [0.717, 1.165) is 18.8 Å². The second-order valence-corrected chi connectivity index (χ2v) is 5.88. The van der Waals surface area contributed by atoms with Crippen LogP contribution < -0.4 is 10.1 Å². The summed E-state index contributed by atoms with van der Waals surface area (Å²) in [5.74, 6) is 0.897. The summed E-state index contributed by atoms with van der Waals surface area (Å²) in [5.41, 5.74) is 1.32. The number of nitrogens with one attached hydrogen (secondary N) is 1. The Bertz CT molecular complexity index is 514. The predicted octanol–water partition coefficient (Wildman–Crippen LogP) is 2.85. The van der Waals surface area contributed by atoms with Gasteiger partial charge in [0.2, 0.25) is 0 Å². The fourth-order valence-electron chi connectivity index (χ4n) is 1.76. The Morgan fingerprint density at radius 3 is 2.65 bits per heavy atom. The lowest BCUT2D eigenvalue weighted by atomic mass is 10.1. The molecule has 1 aromatic carbocycles. The first-order valence-electron chi connectivity index (χ1n) is 6.97. The highest BCUT2D eigenvalue weighted by molar-refractivity contribution is 5.20. The zero-order valence-corrected chi connectivity index (χ0v) is 12.5. The highest BCUT2D eigenvalue weighted by Gasteiger charge is 2.09. The molecule has 0 unspecified atom stereocenters. The summed E-state index contributed by atoms with van der Waals surface area (Å²) in [6.45, 7) is 8.69. The first kappa shape index (κ1) is 14.6. The lowest BCUT2D eigenvalue weighted by Crippen LogP contribution is -2.34. The number of hydrogen-bond donors (Lipinski definition) is 1. The smallest absolute Gasteiger partial charge is 0.119 e. The van der Waals surface area contributed by atoms with Crippen LogP contribution in [0.4, 0.5) is 0 Å². The molecule has 4 nitrogen and oxygen atoms in total. The zero-order chi connectivity index (χ0) is 14.4. The van der Waals surface area contributed by atoms with E-state index in [0.29, 0.717) is 6.61 Å². The zero-order valence-electron chi connectivity index (χ0n) is 12.5. The van der Waals surface area contributed by atoms with E-state index in [4.69, 9.17) is 4.74 Å². The first-order valence-corrected chi connectivity index (χ1v) is 6.97. The summed E-state index contributed by atoms with van der Waals surface area (Å²) in [7, 11) is 0. The fraction of sp³-hybridized carbons (Fsp3) is 0.438. The maximum absolute atomic E-state index is 5.66. The van der Waals surface area contributed by atoms with Crippen molar-refractivity contribution in [3.63, 3.8) is 0 Å². The molecule has 0 radical (unpaired) electrons. The minimum absolute atomic E-state index is 0.124. The second-order valence-electron chi connectivity index (χ2n) is 5.88. The van der Waals surface area contributed by atoms with Crippen molar-refractivity contribution >= 4 is 0 Å². The molecule has 0 saturated carbocycles. The Balaban J connectivity index is 1.75. The van der Waals surface area contributed by atoms with Crippen LogP contribution >= 0.6 is 0 Å². The number of benzene rings is 1. The average Bonchev–Trinajstić information content (AvgIpc) is 2.85. The number of ether oxygens (including phenoxy) is 1. The second kappa shape index (κ2) is 6.57. The molecule has 20 heavy (non-hydrogen) atoms. The molecule has 0 fully saturated rings. The maximum atomic E-state index is 5.66. The summed E-state index contributed by atoms with van der Waals surface area (Å²) in [4.78, 5) is 0. The van der Waals surface area contributed by atoms with E-state index in [1.54, 1.807) is 0 Å². The molecule has 4 heteroatoms. The van der Waals surface area contributed by atoms with Crippen molar-refractivity contribution in [3.05, 3.63) is 48.3 Å². The van der Waals surface area contributed by atoms with Gasteiger partial charge in [-0.15, -0.1) is 0 Å². The Hall–Kier alpha value is -1.81. The van der Waals surface area contributed by atoms with E-state index in [2.05, 4.69) is 37.4 Å². The standard InChI is InChI=1S/C16H23N3O/c1-16(2,3)17-11-14-12-18-19(13-14)9-10-20-15-7-5-4-6-8-15/h4-8,12-13,17H,9-11H2,1-3H3. The molecule has 2 aromatic rings. The van der Waals surface area contributed by atoms with E-state index >= 15 is 0 Å². The summed E-state index contributed by atoms with van der Waals surface area (Å²) in [6, 6.07) is 9.84. The van der Waals surface area contributed by atoms with E-state index in [9.17, 15) is 0 Å². The molecule has 0 aliphatic carbocycles. The van der Waals surface area contributed by atoms with Crippen LogP contribution in [0.2, 0.25) is 0 Å². The summed E-state index contributed by atoms with van der Waals surface area (Å²) >= 11 is 0. The minimum Gasteiger partial charge on any atom is -0.492 e. The number of hydrogen-bond acceptors (Lipinski definition) is 3. The highest BCUT2D eigenvalue weighted by Crippen LogP contribution is 2.08. The molecule has 108 valence electrons. The van der Waals surface area contributed by atoms with Crippen LogP contribution in [-0.2, 0) is 13.1 Å². The summed E-state index contributed by atoms with van der Waals surface area (Å²) in [5, 5.41) is 7.79. The van der Waals surface area contributed by atoms with E-state index < -0.39 is 0 Å². The Labute approximate surface area is 120 Å². The van der Waals surface area contributed by atoms with Crippen LogP contribution in [0.1, 0.15) is 26.3 Å². The van der Waals surface area contributed by atoms with Gasteiger partial charge < -0.3 is 10.1 Å². The molecule has 2 rings (SSSR count). The van der Waals surface area contributed by atoms with Gasteiger partial charge in [0.1, 0.15) is 12.4 Å². The molecular formula is C16H23N3O. The van der Waals surface area contributed by atoms with Crippen LogP contribution in [0.15, 0.2) is 42.7 Å². The fourth-order valence-corrected chi connectivity index (χ4v) is 1.76. The highest BCUT2D eigenvalue weighted by atomic mass is 16.5. The molecule has 0 aliphatic heterocycles. The first-order chi connectivity index (χ1) is 9.53. The van der Waals surface area contributed by atoms with Gasteiger partial charge in [-0.1, -0.05) is 18.2 Å². The van der Waals surface area contributed by atoms with Crippen LogP contribution in [0.3, 0.4) is 0 Å². The van der Waals surface area contributed by atoms with Gasteiger partial charge in [0.05, 0.1) is 12.7 Å². The molecule has 0 atom stereocenters. The molecular weight excluding hydrogens is 250 g/mol. The van der Waals surface area contributed by atoms with Gasteiger partial charge >= 0.3 is 0 Å². The summed E-state index contributed by atoms with van der Waals surface area (Å²) < 4.78 is 7.58. The molecule has 0 amide bonds. The van der Waals surface area contributed by atoms with E-state index in [1.807, 2.05) is 41.2 Å². The third-order valence-corrected chi connectivity index (χ3v) is 2.84. The van der Waals surface area contributed by atoms with Crippen LogP contribution in [-0.4, -0.2) is 21.9 Å². The van der Waals surface area contributed by atoms with Crippen molar-refractivity contribution in [1.82, 2.24) is 15.1 Å². The van der Waals surface area contributed by atoms with Crippen LogP contribution in [0.25, 0.3) is 0 Å². The number of nitrogens with zero attached hydrogens (tertiary/aromatic N) is 2. The van der Waals surface area contributed by atoms with Crippen molar-refractivity contribution in [2.24, 2.45) is 0 Å².